The molecule has 0 spiro atoms. The van der Waals surface area contributed by atoms with Crippen molar-refractivity contribution in [2.24, 2.45) is 0 Å². The Hall–Kier alpha value is -0.970. The number of hydrogen-bond acceptors (Lipinski definition) is 2. The van der Waals surface area contributed by atoms with Gasteiger partial charge in [-0.3, -0.25) is 0 Å². The quantitative estimate of drug-likeness (QED) is 0.438. The predicted octanol–water partition coefficient (Wildman–Crippen LogP) is 0.339. The molecule has 1 heterocycles. The van der Waals surface area contributed by atoms with E-state index in [0.29, 0.717) is 6.54 Å². The molecule has 0 bridgehead atoms. The van der Waals surface area contributed by atoms with Crippen LogP contribution in [0.15, 0.2) is 12.3 Å². The SMILES string of the molecule is N#CCN1C=CC1. The normalized spacial score (nSPS) is 15.6. The lowest BCUT2D eigenvalue weighted by Crippen LogP contribution is -2.24. The average Bonchev–Trinajstić information content (AvgIpc) is 1.55. The molecule has 0 radical (unpaired) electrons. The largest absolute Gasteiger partial charge is 0.361 e. The van der Waals surface area contributed by atoms with Crippen molar-refractivity contribution in [1.82, 2.24) is 4.90 Å². The molecule has 1 aliphatic rings. The average molecular weight is 94.1 g/mol. The van der Waals surface area contributed by atoms with Crippen LogP contribution >= 0.6 is 0 Å². The minimum atomic E-state index is 0.538. The maximum atomic E-state index is 8.08. The number of nitriles is 1. The molecule has 0 unspecified atom stereocenters. The Morgan fingerprint density at radius 3 is 2.71 bits per heavy atom. The van der Waals surface area contributed by atoms with Crippen LogP contribution in [0.25, 0.3) is 0 Å². The fourth-order valence-corrected chi connectivity index (χ4v) is 0.463. The van der Waals surface area contributed by atoms with Gasteiger partial charge in [-0.1, -0.05) is 0 Å². The van der Waals surface area contributed by atoms with Crippen molar-refractivity contribution in [3.8, 4) is 6.07 Å². The Morgan fingerprint density at radius 2 is 2.57 bits per heavy atom. The van der Waals surface area contributed by atoms with Crippen molar-refractivity contribution in [2.75, 3.05) is 13.1 Å². The summed E-state index contributed by atoms with van der Waals surface area (Å²) < 4.78 is 0. The summed E-state index contributed by atoms with van der Waals surface area (Å²) in [5.41, 5.74) is 0. The third kappa shape index (κ3) is 0.716. The standard InChI is InChI=1S/C5H6N2/c6-2-5-7-3-1-4-7/h1,3H,4-5H2. The summed E-state index contributed by atoms with van der Waals surface area (Å²) >= 11 is 0. The molecule has 0 saturated carbocycles. The molecule has 0 aliphatic carbocycles. The summed E-state index contributed by atoms with van der Waals surface area (Å²) in [6, 6.07) is 2.04. The Balaban J connectivity index is 2.21. The van der Waals surface area contributed by atoms with E-state index in [1.807, 2.05) is 23.2 Å². The lowest BCUT2D eigenvalue weighted by atomic mass is 10.4. The van der Waals surface area contributed by atoms with E-state index < -0.39 is 0 Å². The zero-order valence-corrected chi connectivity index (χ0v) is 3.96. The monoisotopic (exact) mass is 94.1 g/mol. The first-order valence-corrected chi connectivity index (χ1v) is 2.21. The van der Waals surface area contributed by atoms with Crippen molar-refractivity contribution in [3.63, 3.8) is 0 Å². The molecule has 0 fully saturated rings. The first-order chi connectivity index (χ1) is 3.43. The van der Waals surface area contributed by atoms with Gasteiger partial charge in [0.1, 0.15) is 6.54 Å². The summed E-state index contributed by atoms with van der Waals surface area (Å²) in [6.45, 7) is 1.49. The molecule has 0 aromatic rings. The Morgan fingerprint density at radius 1 is 1.86 bits per heavy atom. The maximum Gasteiger partial charge on any atom is 0.105 e. The summed E-state index contributed by atoms with van der Waals surface area (Å²) in [4.78, 5) is 1.94. The van der Waals surface area contributed by atoms with Crippen molar-refractivity contribution in [1.29, 1.82) is 5.26 Å². The van der Waals surface area contributed by atoms with Crippen LogP contribution in [0.2, 0.25) is 0 Å². The van der Waals surface area contributed by atoms with E-state index in [-0.39, 0.29) is 0 Å². The van der Waals surface area contributed by atoms with Crippen molar-refractivity contribution in [3.05, 3.63) is 12.3 Å². The van der Waals surface area contributed by atoms with Crippen LogP contribution in [-0.2, 0) is 0 Å². The lowest BCUT2D eigenvalue weighted by Gasteiger charge is -2.20. The molecule has 1 rings (SSSR count). The van der Waals surface area contributed by atoms with Gasteiger partial charge in [-0.15, -0.1) is 0 Å². The minimum Gasteiger partial charge on any atom is -0.361 e. The van der Waals surface area contributed by atoms with E-state index in [1.54, 1.807) is 0 Å². The van der Waals surface area contributed by atoms with Crippen LogP contribution in [0.1, 0.15) is 0 Å². The highest BCUT2D eigenvalue weighted by atomic mass is 15.1. The van der Waals surface area contributed by atoms with Gasteiger partial charge >= 0.3 is 0 Å². The van der Waals surface area contributed by atoms with Crippen LogP contribution in [0.3, 0.4) is 0 Å². The van der Waals surface area contributed by atoms with E-state index in [4.69, 9.17) is 5.26 Å². The summed E-state index contributed by atoms with van der Waals surface area (Å²) in [5, 5.41) is 8.08. The highest BCUT2D eigenvalue weighted by Gasteiger charge is 2.00. The number of rotatable bonds is 1. The first-order valence-electron chi connectivity index (χ1n) is 2.21. The zero-order valence-electron chi connectivity index (χ0n) is 3.96. The topological polar surface area (TPSA) is 27.0 Å². The summed E-state index contributed by atoms with van der Waals surface area (Å²) in [7, 11) is 0. The first kappa shape index (κ1) is 4.20. The van der Waals surface area contributed by atoms with Crippen molar-refractivity contribution >= 4 is 0 Å². The molecule has 0 aromatic heterocycles. The third-order valence-electron chi connectivity index (χ3n) is 0.930. The fraction of sp³-hybridized carbons (Fsp3) is 0.400. The molecular formula is C5H6N2. The molecular weight excluding hydrogens is 88.1 g/mol. The molecule has 1 aliphatic heterocycles. The fourth-order valence-electron chi connectivity index (χ4n) is 0.463. The van der Waals surface area contributed by atoms with E-state index >= 15 is 0 Å². The molecule has 0 N–H and O–H groups in total. The highest BCUT2D eigenvalue weighted by molar-refractivity contribution is 5.00. The van der Waals surface area contributed by atoms with Gasteiger partial charge in [0.05, 0.1) is 6.07 Å². The maximum absolute atomic E-state index is 8.08. The molecule has 2 heteroatoms. The zero-order chi connectivity index (χ0) is 5.11. The molecule has 36 valence electrons. The summed E-state index contributed by atoms with van der Waals surface area (Å²) in [5.74, 6) is 0. The van der Waals surface area contributed by atoms with E-state index in [1.165, 1.54) is 0 Å². The van der Waals surface area contributed by atoms with Gasteiger partial charge < -0.3 is 4.90 Å². The van der Waals surface area contributed by atoms with Gasteiger partial charge in [-0.25, -0.2) is 0 Å². The molecule has 7 heavy (non-hydrogen) atoms. The van der Waals surface area contributed by atoms with Crippen LogP contribution in [-0.4, -0.2) is 18.0 Å². The summed E-state index contributed by atoms with van der Waals surface area (Å²) in [6.07, 6.45) is 3.94. The predicted molar refractivity (Wildman–Crippen MR) is 26.3 cm³/mol. The third-order valence-corrected chi connectivity index (χ3v) is 0.930. The van der Waals surface area contributed by atoms with E-state index in [2.05, 4.69) is 0 Å². The minimum absolute atomic E-state index is 0.538. The number of hydrogen-bond donors (Lipinski definition) is 0. The van der Waals surface area contributed by atoms with Crippen LogP contribution < -0.4 is 0 Å². The molecule has 2 nitrogen and oxygen atoms in total. The lowest BCUT2D eigenvalue weighted by molar-refractivity contribution is 0.421. The molecule has 0 aromatic carbocycles. The van der Waals surface area contributed by atoms with Gasteiger partial charge in [0.15, 0.2) is 0 Å². The molecule has 0 amide bonds. The Kier molecular flexibility index (Phi) is 0.991. The van der Waals surface area contributed by atoms with Crippen molar-refractivity contribution in [2.45, 2.75) is 0 Å². The number of nitrogens with zero attached hydrogens (tertiary/aromatic N) is 2. The van der Waals surface area contributed by atoms with Gasteiger partial charge in [0.2, 0.25) is 0 Å². The highest BCUT2D eigenvalue weighted by Crippen LogP contribution is 1.98. The van der Waals surface area contributed by atoms with Gasteiger partial charge in [-0.2, -0.15) is 5.26 Å². The second-order valence-electron chi connectivity index (χ2n) is 1.47. The second-order valence-corrected chi connectivity index (χ2v) is 1.47. The van der Waals surface area contributed by atoms with E-state index in [9.17, 15) is 0 Å². The van der Waals surface area contributed by atoms with Crippen LogP contribution in [0.5, 0.6) is 0 Å². The van der Waals surface area contributed by atoms with Gasteiger partial charge in [0.25, 0.3) is 0 Å². The van der Waals surface area contributed by atoms with Crippen LogP contribution in [0.4, 0.5) is 0 Å². The Labute approximate surface area is 42.7 Å². The van der Waals surface area contributed by atoms with Crippen molar-refractivity contribution < 1.29 is 0 Å². The van der Waals surface area contributed by atoms with Gasteiger partial charge in [0, 0.05) is 6.54 Å². The molecule has 0 saturated heterocycles. The smallest absolute Gasteiger partial charge is 0.105 e. The van der Waals surface area contributed by atoms with Gasteiger partial charge in [-0.05, 0) is 12.3 Å². The molecule has 0 atom stereocenters. The Bertz CT molecular complexity index is 121. The second kappa shape index (κ2) is 1.65. The van der Waals surface area contributed by atoms with E-state index in [0.717, 1.165) is 6.54 Å². The van der Waals surface area contributed by atoms with Crippen LogP contribution in [0, 0.1) is 11.3 Å².